The number of carbonyl (C=O) groups is 2. The number of nitrogens with zero attached hydrogens (tertiary/aromatic N) is 2. The number of hydrogen-bond acceptors (Lipinski definition) is 6. The van der Waals surface area contributed by atoms with Crippen LogP contribution in [0.4, 0.5) is 4.39 Å². The molecule has 0 radical (unpaired) electrons. The van der Waals surface area contributed by atoms with Crippen molar-refractivity contribution < 1.29 is 14.0 Å². The molecule has 0 aliphatic heterocycles. The smallest absolute Gasteiger partial charge is 0.189 e. The number of aromatic amines is 1. The van der Waals surface area contributed by atoms with Crippen LogP contribution in [0.3, 0.4) is 0 Å². The van der Waals surface area contributed by atoms with Crippen LogP contribution in [0.2, 0.25) is 0 Å². The van der Waals surface area contributed by atoms with Gasteiger partial charge >= 0.3 is 0 Å². The zero-order chi connectivity index (χ0) is 21.4. The van der Waals surface area contributed by atoms with Crippen molar-refractivity contribution in [1.29, 1.82) is 0 Å². The van der Waals surface area contributed by atoms with Crippen LogP contribution in [-0.2, 0) is 0 Å². The molecule has 1 aromatic carbocycles. The standard InChI is InChI=1S/C22H18FN3O2S2/c1-11-18(13(3)27)12(2)26-20(11)17(28)9-30-22-19-16(8-29-21(19)24-10-25-22)14-4-6-15(23)7-5-14/h4-8,10,26H,9H2,1-3H3. The molecule has 0 spiro atoms. The number of thiophene rings is 1. The summed E-state index contributed by atoms with van der Waals surface area (Å²) in [6.45, 7) is 5.08. The number of H-pyrrole nitrogens is 1. The summed E-state index contributed by atoms with van der Waals surface area (Å²) in [6, 6.07) is 6.28. The van der Waals surface area contributed by atoms with Crippen molar-refractivity contribution >= 4 is 44.9 Å². The SMILES string of the molecule is CC(=O)c1c(C)[nH]c(C(=O)CSc2ncnc3scc(-c4ccc(F)cc4)c23)c1C. The number of aromatic nitrogens is 3. The van der Waals surface area contributed by atoms with Crippen LogP contribution in [0.25, 0.3) is 21.3 Å². The summed E-state index contributed by atoms with van der Waals surface area (Å²) in [6.07, 6.45) is 1.48. The lowest BCUT2D eigenvalue weighted by Crippen LogP contribution is -2.06. The van der Waals surface area contributed by atoms with Crippen molar-refractivity contribution in [3.63, 3.8) is 0 Å². The first-order chi connectivity index (χ1) is 14.4. The number of rotatable bonds is 6. The molecule has 0 fully saturated rings. The van der Waals surface area contributed by atoms with Gasteiger partial charge in [0.05, 0.1) is 16.8 Å². The molecule has 4 rings (SSSR count). The second-order valence-corrected chi connectivity index (χ2v) is 8.73. The Labute approximate surface area is 180 Å². The Morgan fingerprint density at radius 3 is 2.57 bits per heavy atom. The van der Waals surface area contributed by atoms with E-state index in [9.17, 15) is 14.0 Å². The summed E-state index contributed by atoms with van der Waals surface area (Å²) < 4.78 is 13.3. The maximum absolute atomic E-state index is 13.3. The van der Waals surface area contributed by atoms with Gasteiger partial charge in [0.1, 0.15) is 22.0 Å². The van der Waals surface area contributed by atoms with Crippen LogP contribution in [0, 0.1) is 19.7 Å². The average molecular weight is 440 g/mol. The van der Waals surface area contributed by atoms with E-state index < -0.39 is 0 Å². The Bertz CT molecular complexity index is 1280. The Hall–Kier alpha value is -2.84. The van der Waals surface area contributed by atoms with E-state index in [0.717, 1.165) is 21.3 Å². The lowest BCUT2D eigenvalue weighted by molar-refractivity contribution is 0.101. The molecule has 3 heterocycles. The van der Waals surface area contributed by atoms with Gasteiger partial charge in [-0.2, -0.15) is 0 Å². The molecule has 30 heavy (non-hydrogen) atoms. The monoisotopic (exact) mass is 439 g/mol. The molecule has 152 valence electrons. The van der Waals surface area contributed by atoms with E-state index in [1.54, 1.807) is 26.0 Å². The number of halogens is 1. The highest BCUT2D eigenvalue weighted by Crippen LogP contribution is 2.38. The van der Waals surface area contributed by atoms with E-state index in [1.807, 2.05) is 5.38 Å². The Morgan fingerprint density at radius 1 is 1.17 bits per heavy atom. The molecule has 0 unspecified atom stereocenters. The molecule has 0 saturated heterocycles. The zero-order valence-corrected chi connectivity index (χ0v) is 18.2. The number of aryl methyl sites for hydroxylation is 1. The first-order valence-electron chi connectivity index (χ1n) is 9.21. The number of Topliss-reactive ketones (excluding diaryl/α,β-unsaturated/α-hetero) is 2. The van der Waals surface area contributed by atoms with Crippen molar-refractivity contribution in [2.24, 2.45) is 0 Å². The minimum absolute atomic E-state index is 0.0623. The molecule has 4 aromatic rings. The van der Waals surface area contributed by atoms with Crippen LogP contribution >= 0.6 is 23.1 Å². The highest BCUT2D eigenvalue weighted by Gasteiger charge is 2.21. The number of fused-ring (bicyclic) bond motifs is 1. The third-order valence-electron chi connectivity index (χ3n) is 4.90. The number of thioether (sulfide) groups is 1. The Morgan fingerprint density at radius 2 is 1.90 bits per heavy atom. The lowest BCUT2D eigenvalue weighted by atomic mass is 10.1. The van der Waals surface area contributed by atoms with E-state index >= 15 is 0 Å². The van der Waals surface area contributed by atoms with Gasteiger partial charge in [0, 0.05) is 22.2 Å². The number of benzene rings is 1. The van der Waals surface area contributed by atoms with Gasteiger partial charge in [-0.05, 0) is 44.0 Å². The third-order valence-corrected chi connectivity index (χ3v) is 6.77. The summed E-state index contributed by atoms with van der Waals surface area (Å²) in [5.41, 5.74) is 4.20. The van der Waals surface area contributed by atoms with Gasteiger partial charge in [-0.3, -0.25) is 9.59 Å². The Kier molecular flexibility index (Phi) is 5.53. The summed E-state index contributed by atoms with van der Waals surface area (Å²) in [7, 11) is 0. The molecule has 8 heteroatoms. The molecule has 0 amide bonds. The quantitative estimate of drug-likeness (QED) is 0.240. The van der Waals surface area contributed by atoms with E-state index in [-0.39, 0.29) is 23.1 Å². The number of ketones is 2. The maximum atomic E-state index is 13.3. The largest absolute Gasteiger partial charge is 0.355 e. The predicted molar refractivity (Wildman–Crippen MR) is 118 cm³/mol. The van der Waals surface area contributed by atoms with Gasteiger partial charge in [0.25, 0.3) is 0 Å². The van der Waals surface area contributed by atoms with E-state index in [0.29, 0.717) is 27.5 Å². The predicted octanol–water partition coefficient (Wildman–Crippen LogP) is 5.62. The molecule has 0 aliphatic carbocycles. The van der Waals surface area contributed by atoms with E-state index in [4.69, 9.17) is 0 Å². The normalized spacial score (nSPS) is 11.2. The van der Waals surface area contributed by atoms with Crippen molar-refractivity contribution in [2.45, 2.75) is 25.8 Å². The summed E-state index contributed by atoms with van der Waals surface area (Å²) in [5.74, 6) is -0.287. The maximum Gasteiger partial charge on any atom is 0.189 e. The van der Waals surface area contributed by atoms with Crippen molar-refractivity contribution in [3.8, 4) is 11.1 Å². The second-order valence-electron chi connectivity index (χ2n) is 6.91. The average Bonchev–Trinajstić information content (AvgIpc) is 3.27. The van der Waals surface area contributed by atoms with Gasteiger partial charge in [0.2, 0.25) is 0 Å². The van der Waals surface area contributed by atoms with E-state index in [2.05, 4.69) is 15.0 Å². The molecule has 0 bridgehead atoms. The summed E-state index contributed by atoms with van der Waals surface area (Å²) in [5, 5.41) is 3.52. The van der Waals surface area contributed by atoms with Gasteiger partial charge < -0.3 is 4.98 Å². The van der Waals surface area contributed by atoms with Crippen LogP contribution in [-0.4, -0.2) is 32.3 Å². The molecule has 0 atom stereocenters. The topological polar surface area (TPSA) is 75.7 Å². The first-order valence-corrected chi connectivity index (χ1v) is 11.1. The molecule has 0 aliphatic rings. The minimum atomic E-state index is -0.295. The lowest BCUT2D eigenvalue weighted by Gasteiger charge is -2.05. The highest BCUT2D eigenvalue weighted by molar-refractivity contribution is 8.00. The minimum Gasteiger partial charge on any atom is -0.355 e. The van der Waals surface area contributed by atoms with Gasteiger partial charge in [-0.1, -0.05) is 23.9 Å². The number of carbonyl (C=O) groups excluding carboxylic acids is 2. The fraction of sp³-hybridized carbons (Fsp3) is 0.182. The third kappa shape index (κ3) is 3.68. The van der Waals surface area contributed by atoms with Crippen LogP contribution < -0.4 is 0 Å². The number of hydrogen-bond donors (Lipinski definition) is 1. The highest BCUT2D eigenvalue weighted by atomic mass is 32.2. The van der Waals surface area contributed by atoms with Crippen LogP contribution in [0.1, 0.15) is 39.0 Å². The van der Waals surface area contributed by atoms with Gasteiger partial charge in [-0.15, -0.1) is 11.3 Å². The van der Waals surface area contributed by atoms with Crippen LogP contribution in [0.15, 0.2) is 41.0 Å². The zero-order valence-electron chi connectivity index (χ0n) is 16.6. The molecular formula is C22H18FN3O2S2. The van der Waals surface area contributed by atoms with Crippen molar-refractivity contribution in [1.82, 2.24) is 15.0 Å². The van der Waals surface area contributed by atoms with Gasteiger partial charge in [-0.25, -0.2) is 14.4 Å². The molecule has 1 N–H and O–H groups in total. The van der Waals surface area contributed by atoms with Gasteiger partial charge in [0.15, 0.2) is 11.6 Å². The van der Waals surface area contributed by atoms with Crippen molar-refractivity contribution in [3.05, 3.63) is 64.3 Å². The first kappa shape index (κ1) is 20.4. The molecule has 0 saturated carbocycles. The summed E-state index contributed by atoms with van der Waals surface area (Å²) in [4.78, 5) is 37.3. The van der Waals surface area contributed by atoms with Crippen LogP contribution in [0.5, 0.6) is 0 Å². The summed E-state index contributed by atoms with van der Waals surface area (Å²) >= 11 is 2.81. The molecule has 3 aromatic heterocycles. The fourth-order valence-corrected chi connectivity index (χ4v) is 5.43. The second kappa shape index (κ2) is 8.12. The fourth-order valence-electron chi connectivity index (χ4n) is 3.56. The van der Waals surface area contributed by atoms with E-state index in [1.165, 1.54) is 48.5 Å². The number of nitrogens with one attached hydrogen (secondary N) is 1. The van der Waals surface area contributed by atoms with Crippen molar-refractivity contribution in [2.75, 3.05) is 5.75 Å². The molecule has 5 nitrogen and oxygen atoms in total. The Balaban J connectivity index is 1.64. The molecular weight excluding hydrogens is 421 g/mol.